The molecule has 0 radical (unpaired) electrons. The fourth-order valence-corrected chi connectivity index (χ4v) is 2.83. The molecule has 19 heavy (non-hydrogen) atoms. The largest absolute Gasteiger partial charge is 0.334 e. The molecule has 1 aliphatic rings. The number of imidazole rings is 1. The first kappa shape index (κ1) is 12.4. The molecule has 1 saturated heterocycles. The number of aryl methyl sites for hydroxylation is 2. The van der Waals surface area contributed by atoms with Gasteiger partial charge in [0, 0.05) is 42.8 Å². The van der Waals surface area contributed by atoms with Gasteiger partial charge in [-0.05, 0) is 31.0 Å². The highest BCUT2D eigenvalue weighted by molar-refractivity contribution is 5.18. The Hall–Kier alpha value is -1.68. The highest BCUT2D eigenvalue weighted by Crippen LogP contribution is 2.29. The quantitative estimate of drug-likeness (QED) is 0.906. The average Bonchev–Trinajstić information content (AvgIpc) is 3.07. The van der Waals surface area contributed by atoms with Gasteiger partial charge in [-0.15, -0.1) is 0 Å². The summed E-state index contributed by atoms with van der Waals surface area (Å²) in [6.07, 6.45) is 9.92. The second-order valence-electron chi connectivity index (χ2n) is 5.57. The Morgan fingerprint density at radius 2 is 2.32 bits per heavy atom. The van der Waals surface area contributed by atoms with E-state index in [0.717, 1.165) is 26.1 Å². The summed E-state index contributed by atoms with van der Waals surface area (Å²) < 4.78 is 2.29. The zero-order valence-corrected chi connectivity index (χ0v) is 11.3. The third kappa shape index (κ3) is 2.54. The van der Waals surface area contributed by atoms with Crippen molar-refractivity contribution in [2.24, 2.45) is 0 Å². The molecule has 0 saturated carbocycles. The van der Waals surface area contributed by atoms with Crippen LogP contribution in [0.4, 0.5) is 0 Å². The number of nitrogens with one attached hydrogen (secondary N) is 1. The first-order valence-electron chi connectivity index (χ1n) is 6.88. The van der Waals surface area contributed by atoms with Gasteiger partial charge in [-0.1, -0.05) is 13.0 Å². The fraction of sp³-hybridized carbons (Fsp3) is 0.467. The molecule has 1 aliphatic heterocycles. The maximum absolute atomic E-state index is 4.34. The lowest BCUT2D eigenvalue weighted by Gasteiger charge is -2.24. The summed E-state index contributed by atoms with van der Waals surface area (Å²) >= 11 is 0. The Morgan fingerprint density at radius 3 is 3.05 bits per heavy atom. The van der Waals surface area contributed by atoms with Crippen molar-refractivity contribution in [1.29, 1.82) is 0 Å². The molecule has 2 aromatic heterocycles. The Labute approximate surface area is 113 Å². The van der Waals surface area contributed by atoms with E-state index in [1.54, 1.807) is 0 Å². The maximum Gasteiger partial charge on any atom is 0.0948 e. The lowest BCUT2D eigenvalue weighted by atomic mass is 9.86. The van der Waals surface area contributed by atoms with Gasteiger partial charge in [0.2, 0.25) is 0 Å². The molecule has 0 amide bonds. The first-order valence-corrected chi connectivity index (χ1v) is 6.88. The van der Waals surface area contributed by atoms with E-state index in [9.17, 15) is 0 Å². The molecular formula is C15H20N4. The summed E-state index contributed by atoms with van der Waals surface area (Å²) in [7, 11) is 0. The lowest BCUT2D eigenvalue weighted by molar-refractivity contribution is 0.472. The van der Waals surface area contributed by atoms with Crippen molar-refractivity contribution in [2.45, 2.75) is 31.7 Å². The van der Waals surface area contributed by atoms with Crippen LogP contribution in [0.1, 0.15) is 24.6 Å². The van der Waals surface area contributed by atoms with Crippen molar-refractivity contribution in [2.75, 3.05) is 13.1 Å². The van der Waals surface area contributed by atoms with E-state index in [1.165, 1.54) is 17.7 Å². The van der Waals surface area contributed by atoms with E-state index >= 15 is 0 Å². The number of rotatable bonds is 4. The standard InChI is InChI=1S/C15H20N4/c1-15(5-7-17-11-15)14-10-18-12-19(14)8-4-13-3-2-6-16-9-13/h2-3,6,9-10,12,17H,4-5,7-8,11H2,1H3. The van der Waals surface area contributed by atoms with Crippen LogP contribution >= 0.6 is 0 Å². The van der Waals surface area contributed by atoms with Crippen LogP contribution < -0.4 is 5.32 Å². The number of hydrogen-bond acceptors (Lipinski definition) is 3. The van der Waals surface area contributed by atoms with Crippen LogP contribution in [0, 0.1) is 0 Å². The molecule has 1 atom stereocenters. The van der Waals surface area contributed by atoms with Gasteiger partial charge in [0.25, 0.3) is 0 Å². The molecule has 1 unspecified atom stereocenters. The minimum atomic E-state index is 0.228. The number of aromatic nitrogens is 3. The minimum Gasteiger partial charge on any atom is -0.334 e. The van der Waals surface area contributed by atoms with Crippen LogP contribution in [0.3, 0.4) is 0 Å². The van der Waals surface area contributed by atoms with Crippen molar-refractivity contribution in [3.63, 3.8) is 0 Å². The van der Waals surface area contributed by atoms with Crippen molar-refractivity contribution in [3.8, 4) is 0 Å². The summed E-state index contributed by atoms with van der Waals surface area (Å²) in [5.74, 6) is 0. The summed E-state index contributed by atoms with van der Waals surface area (Å²) in [6.45, 7) is 5.44. The van der Waals surface area contributed by atoms with Crippen molar-refractivity contribution in [1.82, 2.24) is 19.9 Å². The molecule has 1 fully saturated rings. The molecule has 0 aliphatic carbocycles. The van der Waals surface area contributed by atoms with Crippen LogP contribution in [0.2, 0.25) is 0 Å². The zero-order valence-electron chi connectivity index (χ0n) is 11.3. The van der Waals surface area contributed by atoms with Gasteiger partial charge in [-0.2, -0.15) is 0 Å². The van der Waals surface area contributed by atoms with Gasteiger partial charge in [-0.3, -0.25) is 4.98 Å². The molecule has 100 valence electrons. The van der Waals surface area contributed by atoms with Crippen LogP contribution in [0.15, 0.2) is 37.1 Å². The van der Waals surface area contributed by atoms with Gasteiger partial charge in [0.05, 0.1) is 6.33 Å². The van der Waals surface area contributed by atoms with E-state index in [0.29, 0.717) is 0 Å². The van der Waals surface area contributed by atoms with Crippen LogP contribution in [0.5, 0.6) is 0 Å². The predicted octanol–water partition coefficient (Wildman–Crippen LogP) is 1.77. The number of nitrogens with zero attached hydrogens (tertiary/aromatic N) is 3. The Kier molecular flexibility index (Phi) is 3.34. The van der Waals surface area contributed by atoms with Gasteiger partial charge >= 0.3 is 0 Å². The van der Waals surface area contributed by atoms with E-state index < -0.39 is 0 Å². The Morgan fingerprint density at radius 1 is 1.37 bits per heavy atom. The lowest BCUT2D eigenvalue weighted by Crippen LogP contribution is -2.28. The molecule has 3 heterocycles. The molecule has 0 spiro atoms. The fourth-order valence-electron chi connectivity index (χ4n) is 2.83. The second-order valence-corrected chi connectivity index (χ2v) is 5.57. The smallest absolute Gasteiger partial charge is 0.0948 e. The summed E-state index contributed by atoms with van der Waals surface area (Å²) in [5.41, 5.74) is 2.85. The molecule has 0 aromatic carbocycles. The number of hydrogen-bond donors (Lipinski definition) is 1. The highest BCUT2D eigenvalue weighted by Gasteiger charge is 2.33. The summed E-state index contributed by atoms with van der Waals surface area (Å²) in [4.78, 5) is 8.51. The molecule has 1 N–H and O–H groups in total. The van der Waals surface area contributed by atoms with Crippen molar-refractivity contribution < 1.29 is 0 Å². The second kappa shape index (κ2) is 5.13. The van der Waals surface area contributed by atoms with Gasteiger partial charge < -0.3 is 9.88 Å². The van der Waals surface area contributed by atoms with Gasteiger partial charge in [0.1, 0.15) is 0 Å². The highest BCUT2D eigenvalue weighted by atomic mass is 15.1. The van der Waals surface area contributed by atoms with E-state index in [2.05, 4.69) is 32.8 Å². The summed E-state index contributed by atoms with van der Waals surface area (Å²) in [6, 6.07) is 4.12. The molecule has 0 bridgehead atoms. The van der Waals surface area contributed by atoms with Crippen molar-refractivity contribution >= 4 is 0 Å². The van der Waals surface area contributed by atoms with Crippen LogP contribution in [-0.2, 0) is 18.4 Å². The topological polar surface area (TPSA) is 42.7 Å². The zero-order chi connectivity index (χ0) is 13.1. The normalized spacial score (nSPS) is 22.8. The van der Waals surface area contributed by atoms with Crippen LogP contribution in [-0.4, -0.2) is 27.6 Å². The molecule has 3 rings (SSSR count). The monoisotopic (exact) mass is 256 g/mol. The molecule has 4 nitrogen and oxygen atoms in total. The molecule has 2 aromatic rings. The molecule has 4 heteroatoms. The van der Waals surface area contributed by atoms with Gasteiger partial charge in [0.15, 0.2) is 0 Å². The third-order valence-corrected chi connectivity index (χ3v) is 4.06. The van der Waals surface area contributed by atoms with E-state index in [1.807, 2.05) is 31.0 Å². The van der Waals surface area contributed by atoms with Gasteiger partial charge in [-0.25, -0.2) is 4.98 Å². The first-order chi connectivity index (χ1) is 9.28. The minimum absolute atomic E-state index is 0.228. The SMILES string of the molecule is CC1(c2cncn2CCc2cccnc2)CCNC1. The number of pyridine rings is 1. The van der Waals surface area contributed by atoms with Crippen LogP contribution in [0.25, 0.3) is 0 Å². The Balaban J connectivity index is 1.74. The maximum atomic E-state index is 4.34. The molecular weight excluding hydrogens is 236 g/mol. The summed E-state index contributed by atoms with van der Waals surface area (Å²) in [5, 5.41) is 3.45. The van der Waals surface area contributed by atoms with Crippen molar-refractivity contribution in [3.05, 3.63) is 48.3 Å². The Bertz CT molecular complexity index is 526. The predicted molar refractivity (Wildman–Crippen MR) is 75.0 cm³/mol. The van der Waals surface area contributed by atoms with E-state index in [-0.39, 0.29) is 5.41 Å². The third-order valence-electron chi connectivity index (χ3n) is 4.06. The van der Waals surface area contributed by atoms with E-state index in [4.69, 9.17) is 0 Å². The average molecular weight is 256 g/mol.